The first kappa shape index (κ1) is 19.9. The molecule has 2 N–H and O–H groups in total. The van der Waals surface area contributed by atoms with Gasteiger partial charge < -0.3 is 15.2 Å². The molecule has 0 fully saturated rings. The first-order valence-electron chi connectivity index (χ1n) is 8.26. The lowest BCUT2D eigenvalue weighted by molar-refractivity contribution is 0.168. The number of hydrogen-bond acceptors (Lipinski definition) is 5. The number of nitrogens with zero attached hydrogens (tertiary/aromatic N) is 3. The van der Waals surface area contributed by atoms with Crippen LogP contribution in [0, 0.1) is 12.8 Å². The maximum Gasteiger partial charge on any atom is 0.405 e. The van der Waals surface area contributed by atoms with E-state index in [9.17, 15) is 4.79 Å². The number of pyridine rings is 1. The Hall–Kier alpha value is -2.41. The van der Waals surface area contributed by atoms with E-state index in [2.05, 4.69) is 20.3 Å². The minimum atomic E-state index is -1.04. The van der Waals surface area contributed by atoms with Gasteiger partial charge in [0.05, 0.1) is 12.3 Å². The van der Waals surface area contributed by atoms with Gasteiger partial charge >= 0.3 is 6.09 Å². The van der Waals surface area contributed by atoms with Crippen LogP contribution in [0.2, 0.25) is 5.02 Å². The number of aromatic nitrogens is 3. The van der Waals surface area contributed by atoms with E-state index in [-0.39, 0.29) is 5.92 Å². The highest BCUT2D eigenvalue weighted by molar-refractivity contribution is 6.32. The molecule has 7 nitrogen and oxygen atoms in total. The third-order valence-corrected chi connectivity index (χ3v) is 3.96. The molecule has 2 heterocycles. The monoisotopic (exact) mass is 378 g/mol. The fourth-order valence-electron chi connectivity index (χ4n) is 2.78. The molecule has 0 bridgehead atoms. The van der Waals surface area contributed by atoms with E-state index in [0.29, 0.717) is 29.8 Å². The number of aryl methyl sites for hydroxylation is 1. The predicted molar refractivity (Wildman–Crippen MR) is 99.5 cm³/mol. The van der Waals surface area contributed by atoms with Gasteiger partial charge in [0.2, 0.25) is 5.88 Å². The van der Waals surface area contributed by atoms with Crippen molar-refractivity contribution in [3.05, 3.63) is 35.4 Å². The van der Waals surface area contributed by atoms with E-state index in [4.69, 9.17) is 21.4 Å². The van der Waals surface area contributed by atoms with Crippen LogP contribution in [0.4, 0.5) is 4.79 Å². The number of hydrogen-bond donors (Lipinski definition) is 2. The summed E-state index contributed by atoms with van der Waals surface area (Å²) in [7, 11) is 0. The van der Waals surface area contributed by atoms with Crippen LogP contribution < -0.4 is 10.1 Å². The fraction of sp³-hybridized carbons (Fsp3) is 0.444. The average molecular weight is 379 g/mol. The summed E-state index contributed by atoms with van der Waals surface area (Å²) in [5, 5.41) is 11.8. The van der Waals surface area contributed by atoms with E-state index in [1.807, 2.05) is 27.7 Å². The topological polar surface area (TPSA) is 97.2 Å². The van der Waals surface area contributed by atoms with Gasteiger partial charge in [0.15, 0.2) is 0 Å². The lowest BCUT2D eigenvalue weighted by atomic mass is 9.92. The second kappa shape index (κ2) is 8.31. The van der Waals surface area contributed by atoms with Crippen molar-refractivity contribution in [2.45, 2.75) is 39.7 Å². The van der Waals surface area contributed by atoms with Gasteiger partial charge in [0.1, 0.15) is 10.8 Å². The third kappa shape index (κ3) is 5.84. The van der Waals surface area contributed by atoms with Gasteiger partial charge in [0, 0.05) is 23.5 Å². The molecule has 0 aromatic carbocycles. The van der Waals surface area contributed by atoms with Crippen LogP contribution in [0.3, 0.4) is 0 Å². The molecule has 26 heavy (non-hydrogen) atoms. The Morgan fingerprint density at radius 2 is 2.15 bits per heavy atom. The molecule has 0 aliphatic heterocycles. The average Bonchev–Trinajstić information content (AvgIpc) is 2.51. The Morgan fingerprint density at radius 3 is 2.77 bits per heavy atom. The van der Waals surface area contributed by atoms with Crippen LogP contribution in [0.5, 0.6) is 5.88 Å². The summed E-state index contributed by atoms with van der Waals surface area (Å²) >= 11 is 6.28. The van der Waals surface area contributed by atoms with Crippen LogP contribution in [-0.2, 0) is 0 Å². The van der Waals surface area contributed by atoms with Crippen molar-refractivity contribution in [1.29, 1.82) is 0 Å². The molecule has 0 spiro atoms. The highest BCUT2D eigenvalue weighted by Crippen LogP contribution is 2.28. The van der Waals surface area contributed by atoms with Crippen LogP contribution in [0.25, 0.3) is 11.3 Å². The molecule has 0 aliphatic rings. The molecule has 2 aromatic heterocycles. The zero-order valence-electron chi connectivity index (χ0n) is 15.3. The van der Waals surface area contributed by atoms with Crippen LogP contribution >= 0.6 is 11.6 Å². The minimum absolute atomic E-state index is 0.110. The van der Waals surface area contributed by atoms with Crippen molar-refractivity contribution < 1.29 is 14.6 Å². The Labute approximate surface area is 157 Å². The second-order valence-corrected chi connectivity index (χ2v) is 7.34. The van der Waals surface area contributed by atoms with E-state index in [1.54, 1.807) is 24.5 Å². The summed E-state index contributed by atoms with van der Waals surface area (Å²) in [5.74, 6) is 1.13. The summed E-state index contributed by atoms with van der Waals surface area (Å²) in [5.41, 5.74) is 0.988. The van der Waals surface area contributed by atoms with E-state index in [0.717, 1.165) is 11.3 Å². The SMILES string of the molecule is Cc1nccc(-c2cnc(OCC(C)CC(C)(C)NC(=O)O)c(Cl)c2)n1. The number of ether oxygens (including phenoxy) is 1. The fourth-order valence-corrected chi connectivity index (χ4v) is 3.00. The maximum absolute atomic E-state index is 10.8. The largest absolute Gasteiger partial charge is 0.476 e. The van der Waals surface area contributed by atoms with Crippen LogP contribution in [-0.4, -0.2) is 38.3 Å². The number of halogens is 1. The summed E-state index contributed by atoms with van der Waals surface area (Å²) in [6.45, 7) is 7.85. The molecule has 2 rings (SSSR count). The molecule has 2 aromatic rings. The number of nitrogens with one attached hydrogen (secondary N) is 1. The number of carboxylic acid groups (broad SMARTS) is 1. The number of rotatable bonds is 7. The van der Waals surface area contributed by atoms with Crippen LogP contribution in [0.15, 0.2) is 24.5 Å². The molecule has 1 unspecified atom stereocenters. The van der Waals surface area contributed by atoms with Gasteiger partial charge in [-0.05, 0) is 45.2 Å². The number of carbonyl (C=O) groups is 1. The minimum Gasteiger partial charge on any atom is -0.476 e. The van der Waals surface area contributed by atoms with Crippen molar-refractivity contribution in [2.75, 3.05) is 6.61 Å². The smallest absolute Gasteiger partial charge is 0.405 e. The summed E-state index contributed by atoms with van der Waals surface area (Å²) in [6, 6.07) is 3.55. The van der Waals surface area contributed by atoms with Gasteiger partial charge in [-0.1, -0.05) is 18.5 Å². The van der Waals surface area contributed by atoms with E-state index < -0.39 is 11.6 Å². The molecule has 0 aliphatic carbocycles. The highest BCUT2D eigenvalue weighted by atomic mass is 35.5. The van der Waals surface area contributed by atoms with Crippen molar-refractivity contribution in [3.63, 3.8) is 0 Å². The molecule has 0 saturated heterocycles. The van der Waals surface area contributed by atoms with Crippen LogP contribution in [0.1, 0.15) is 33.0 Å². The standard InChI is InChI=1S/C18H23ClN4O3/c1-11(8-18(3,4)23-17(24)25)10-26-16-14(19)7-13(9-21-16)15-5-6-20-12(2)22-15/h5-7,9,11,23H,8,10H2,1-4H3,(H,24,25). The summed E-state index contributed by atoms with van der Waals surface area (Å²) in [6.07, 6.45) is 2.92. The molecule has 0 radical (unpaired) electrons. The molecular weight excluding hydrogens is 356 g/mol. The van der Waals surface area contributed by atoms with Gasteiger partial charge in [-0.25, -0.2) is 19.7 Å². The van der Waals surface area contributed by atoms with Crippen molar-refractivity contribution in [1.82, 2.24) is 20.3 Å². The molecule has 1 atom stereocenters. The summed E-state index contributed by atoms with van der Waals surface area (Å²) in [4.78, 5) is 23.5. The van der Waals surface area contributed by atoms with E-state index >= 15 is 0 Å². The first-order chi connectivity index (χ1) is 12.2. The van der Waals surface area contributed by atoms with Crippen molar-refractivity contribution in [3.8, 4) is 17.1 Å². The molecule has 0 saturated carbocycles. The lowest BCUT2D eigenvalue weighted by Gasteiger charge is -2.27. The van der Waals surface area contributed by atoms with Gasteiger partial charge in [-0.3, -0.25) is 0 Å². The molecular formula is C18H23ClN4O3. The molecule has 140 valence electrons. The quantitative estimate of drug-likeness (QED) is 0.757. The van der Waals surface area contributed by atoms with Crippen molar-refractivity contribution in [2.24, 2.45) is 5.92 Å². The molecule has 1 amide bonds. The Bertz CT molecular complexity index is 783. The predicted octanol–water partition coefficient (Wildman–Crippen LogP) is 3.95. The zero-order chi connectivity index (χ0) is 19.3. The zero-order valence-corrected chi connectivity index (χ0v) is 16.0. The lowest BCUT2D eigenvalue weighted by Crippen LogP contribution is -2.44. The summed E-state index contributed by atoms with van der Waals surface area (Å²) < 4.78 is 5.71. The Balaban J connectivity index is 1.99. The van der Waals surface area contributed by atoms with E-state index in [1.165, 1.54) is 0 Å². The number of amides is 1. The highest BCUT2D eigenvalue weighted by Gasteiger charge is 2.23. The third-order valence-electron chi connectivity index (χ3n) is 3.69. The maximum atomic E-state index is 10.8. The van der Waals surface area contributed by atoms with Gasteiger partial charge in [0.25, 0.3) is 0 Å². The van der Waals surface area contributed by atoms with Gasteiger partial charge in [-0.15, -0.1) is 0 Å². The first-order valence-corrected chi connectivity index (χ1v) is 8.63. The normalized spacial score (nSPS) is 12.5. The molecule has 8 heteroatoms. The van der Waals surface area contributed by atoms with Crippen molar-refractivity contribution >= 4 is 17.7 Å². The van der Waals surface area contributed by atoms with Gasteiger partial charge in [-0.2, -0.15) is 0 Å². The second-order valence-electron chi connectivity index (χ2n) is 6.93. The Morgan fingerprint density at radius 1 is 1.42 bits per heavy atom. The Kier molecular flexibility index (Phi) is 6.37.